The summed E-state index contributed by atoms with van der Waals surface area (Å²) in [7, 11) is -3.51. The van der Waals surface area contributed by atoms with Crippen LogP contribution in [0.4, 0.5) is 0 Å². The minimum Gasteiger partial charge on any atom is -0.351 e. The minimum atomic E-state index is -3.51. The fourth-order valence-corrected chi connectivity index (χ4v) is 4.16. The molecule has 24 heavy (non-hydrogen) atoms. The SMILES string of the molecule is CSc1nc(C(=O)NCCCNS(=O)(=O)c2ccc(C)cc2)cs1. The first kappa shape index (κ1) is 18.9. The summed E-state index contributed by atoms with van der Waals surface area (Å²) >= 11 is 2.91. The summed E-state index contributed by atoms with van der Waals surface area (Å²) < 4.78 is 27.5. The second-order valence-corrected chi connectivity index (χ2v) is 8.70. The lowest BCUT2D eigenvalue weighted by Gasteiger charge is -2.07. The van der Waals surface area contributed by atoms with Crippen molar-refractivity contribution in [1.29, 1.82) is 0 Å². The van der Waals surface area contributed by atoms with E-state index in [1.807, 2.05) is 13.2 Å². The van der Waals surface area contributed by atoms with Crippen molar-refractivity contribution in [2.75, 3.05) is 19.3 Å². The van der Waals surface area contributed by atoms with Gasteiger partial charge in [0.2, 0.25) is 10.0 Å². The van der Waals surface area contributed by atoms with Gasteiger partial charge >= 0.3 is 0 Å². The maximum Gasteiger partial charge on any atom is 0.270 e. The van der Waals surface area contributed by atoms with Gasteiger partial charge in [0.15, 0.2) is 0 Å². The summed E-state index contributed by atoms with van der Waals surface area (Å²) in [6.07, 6.45) is 2.40. The number of benzene rings is 1. The molecule has 0 saturated carbocycles. The number of carbonyl (C=O) groups excluding carboxylic acids is 1. The third kappa shape index (κ3) is 5.30. The van der Waals surface area contributed by atoms with Crippen LogP contribution in [0.25, 0.3) is 0 Å². The summed E-state index contributed by atoms with van der Waals surface area (Å²) in [5, 5.41) is 4.44. The molecule has 6 nitrogen and oxygen atoms in total. The average molecular weight is 386 g/mol. The van der Waals surface area contributed by atoms with E-state index in [9.17, 15) is 13.2 Å². The minimum absolute atomic E-state index is 0.240. The Kier molecular flexibility index (Phi) is 6.79. The molecule has 1 aromatic heterocycles. The van der Waals surface area contributed by atoms with Crippen LogP contribution in [0.2, 0.25) is 0 Å². The molecular weight excluding hydrogens is 366 g/mol. The molecule has 1 heterocycles. The second kappa shape index (κ2) is 8.61. The zero-order chi connectivity index (χ0) is 17.6. The molecule has 0 aliphatic heterocycles. The molecule has 2 rings (SSSR count). The van der Waals surface area contributed by atoms with Crippen LogP contribution < -0.4 is 10.0 Å². The third-order valence-corrected chi connectivity index (χ3v) is 6.49. The molecule has 0 unspecified atom stereocenters. The van der Waals surface area contributed by atoms with Gasteiger partial charge in [-0.3, -0.25) is 4.79 Å². The largest absolute Gasteiger partial charge is 0.351 e. The first-order chi connectivity index (χ1) is 11.4. The van der Waals surface area contributed by atoms with E-state index in [4.69, 9.17) is 0 Å². The van der Waals surface area contributed by atoms with Crippen molar-refractivity contribution in [3.8, 4) is 0 Å². The zero-order valence-electron chi connectivity index (χ0n) is 13.4. The lowest BCUT2D eigenvalue weighted by atomic mass is 10.2. The van der Waals surface area contributed by atoms with Crippen LogP contribution in [0.15, 0.2) is 38.9 Å². The molecule has 0 aliphatic carbocycles. The van der Waals surface area contributed by atoms with Gasteiger partial charge in [0, 0.05) is 18.5 Å². The number of thioether (sulfide) groups is 1. The zero-order valence-corrected chi connectivity index (χ0v) is 15.9. The second-order valence-electron chi connectivity index (χ2n) is 5.02. The number of hydrogen-bond donors (Lipinski definition) is 2. The molecule has 0 atom stereocenters. The van der Waals surface area contributed by atoms with E-state index in [0.717, 1.165) is 9.90 Å². The summed E-state index contributed by atoms with van der Waals surface area (Å²) in [5.74, 6) is -0.243. The highest BCUT2D eigenvalue weighted by Crippen LogP contribution is 2.19. The fraction of sp³-hybridized carbons (Fsp3) is 0.333. The lowest BCUT2D eigenvalue weighted by Crippen LogP contribution is -2.30. The monoisotopic (exact) mass is 385 g/mol. The van der Waals surface area contributed by atoms with Crippen LogP contribution in [0.5, 0.6) is 0 Å². The van der Waals surface area contributed by atoms with Crippen molar-refractivity contribution in [2.45, 2.75) is 22.6 Å². The molecule has 0 fully saturated rings. The molecule has 0 radical (unpaired) electrons. The maximum atomic E-state index is 12.1. The van der Waals surface area contributed by atoms with Gasteiger partial charge in [-0.2, -0.15) is 0 Å². The molecule has 0 saturated heterocycles. The van der Waals surface area contributed by atoms with Gasteiger partial charge in [0.05, 0.1) is 4.90 Å². The highest BCUT2D eigenvalue weighted by molar-refractivity contribution is 8.00. The van der Waals surface area contributed by atoms with E-state index in [0.29, 0.717) is 18.7 Å². The molecule has 0 bridgehead atoms. The number of rotatable bonds is 8. The van der Waals surface area contributed by atoms with E-state index in [2.05, 4.69) is 15.0 Å². The average Bonchev–Trinajstić information content (AvgIpc) is 3.04. The van der Waals surface area contributed by atoms with Crippen molar-refractivity contribution in [3.63, 3.8) is 0 Å². The first-order valence-electron chi connectivity index (χ1n) is 7.26. The number of thiazole rings is 1. The normalized spacial score (nSPS) is 11.4. The van der Waals surface area contributed by atoms with Crippen LogP contribution in [0.3, 0.4) is 0 Å². The quantitative estimate of drug-likeness (QED) is 0.538. The van der Waals surface area contributed by atoms with Crippen LogP contribution in [0.1, 0.15) is 22.5 Å². The Labute approximate surface area is 150 Å². The van der Waals surface area contributed by atoms with E-state index in [1.165, 1.54) is 23.1 Å². The highest BCUT2D eigenvalue weighted by Gasteiger charge is 2.13. The predicted molar refractivity (Wildman–Crippen MR) is 97.2 cm³/mol. The van der Waals surface area contributed by atoms with Gasteiger partial charge in [-0.1, -0.05) is 29.5 Å². The summed E-state index contributed by atoms with van der Waals surface area (Å²) in [6, 6.07) is 6.66. The Morgan fingerprint density at radius 2 is 1.96 bits per heavy atom. The Bertz CT molecular complexity index is 786. The number of hydrogen-bond acceptors (Lipinski definition) is 6. The highest BCUT2D eigenvalue weighted by atomic mass is 32.2. The number of carbonyl (C=O) groups is 1. The molecule has 0 spiro atoms. The number of nitrogens with one attached hydrogen (secondary N) is 2. The number of sulfonamides is 1. The smallest absolute Gasteiger partial charge is 0.270 e. The van der Waals surface area contributed by atoms with Gasteiger partial charge in [0.1, 0.15) is 10.0 Å². The molecule has 0 aliphatic rings. The number of aryl methyl sites for hydroxylation is 1. The first-order valence-corrected chi connectivity index (χ1v) is 10.8. The third-order valence-electron chi connectivity index (χ3n) is 3.15. The summed E-state index contributed by atoms with van der Waals surface area (Å²) in [6.45, 7) is 2.53. The Balaban J connectivity index is 1.74. The topological polar surface area (TPSA) is 88.2 Å². The van der Waals surface area contributed by atoms with Crippen LogP contribution in [0, 0.1) is 6.92 Å². The Hall–Kier alpha value is -1.42. The Morgan fingerprint density at radius 3 is 2.58 bits per heavy atom. The van der Waals surface area contributed by atoms with Gasteiger partial charge in [-0.25, -0.2) is 18.1 Å². The number of amides is 1. The van der Waals surface area contributed by atoms with E-state index < -0.39 is 10.0 Å². The van der Waals surface area contributed by atoms with Gasteiger partial charge in [0.25, 0.3) is 5.91 Å². The van der Waals surface area contributed by atoms with E-state index in [1.54, 1.807) is 29.6 Å². The molecule has 2 N–H and O–H groups in total. The van der Waals surface area contributed by atoms with Crippen molar-refractivity contribution < 1.29 is 13.2 Å². The van der Waals surface area contributed by atoms with Crippen LogP contribution >= 0.6 is 23.1 Å². The molecule has 1 amide bonds. The van der Waals surface area contributed by atoms with Crippen molar-refractivity contribution in [3.05, 3.63) is 40.9 Å². The molecule has 1 aromatic carbocycles. The number of aromatic nitrogens is 1. The number of nitrogens with zero attached hydrogens (tertiary/aromatic N) is 1. The molecular formula is C15H19N3O3S3. The van der Waals surface area contributed by atoms with E-state index in [-0.39, 0.29) is 17.3 Å². The predicted octanol–water partition coefficient (Wildman–Crippen LogP) is 2.27. The van der Waals surface area contributed by atoms with Crippen molar-refractivity contribution in [1.82, 2.24) is 15.0 Å². The van der Waals surface area contributed by atoms with Gasteiger partial charge < -0.3 is 5.32 Å². The Morgan fingerprint density at radius 1 is 1.25 bits per heavy atom. The molecule has 2 aromatic rings. The van der Waals surface area contributed by atoms with Gasteiger partial charge in [-0.15, -0.1) is 11.3 Å². The standard InChI is InChI=1S/C15H19N3O3S3/c1-11-4-6-12(7-5-11)24(20,21)17-9-3-8-16-14(19)13-10-23-15(18-13)22-2/h4-7,10,17H,3,8-9H2,1-2H3,(H,16,19). The van der Waals surface area contributed by atoms with Gasteiger partial charge in [-0.05, 0) is 31.7 Å². The summed E-state index contributed by atoms with van der Waals surface area (Å²) in [5.41, 5.74) is 1.40. The molecule has 130 valence electrons. The lowest BCUT2D eigenvalue weighted by molar-refractivity contribution is 0.0948. The van der Waals surface area contributed by atoms with Crippen LogP contribution in [-0.2, 0) is 10.0 Å². The van der Waals surface area contributed by atoms with Crippen molar-refractivity contribution in [2.24, 2.45) is 0 Å². The summed E-state index contributed by atoms with van der Waals surface area (Å²) in [4.78, 5) is 16.3. The van der Waals surface area contributed by atoms with Crippen molar-refractivity contribution >= 4 is 39.0 Å². The maximum absolute atomic E-state index is 12.1. The fourth-order valence-electron chi connectivity index (χ4n) is 1.84. The molecule has 9 heteroatoms. The van der Waals surface area contributed by atoms with Crippen LogP contribution in [-0.4, -0.2) is 38.7 Å². The van der Waals surface area contributed by atoms with E-state index >= 15 is 0 Å².